The zero-order valence-electron chi connectivity index (χ0n) is 15.2. The third-order valence-corrected chi connectivity index (χ3v) is 3.79. The first kappa shape index (κ1) is 18.2. The number of nitrogens with zero attached hydrogens (tertiary/aromatic N) is 2. The van der Waals surface area contributed by atoms with Crippen LogP contribution in [0.3, 0.4) is 0 Å². The molecule has 0 fully saturated rings. The number of methoxy groups -OCH3 is 2. The van der Waals surface area contributed by atoms with Crippen LogP contribution in [0.4, 0.5) is 5.82 Å². The quantitative estimate of drug-likeness (QED) is 0.684. The Morgan fingerprint density at radius 3 is 2.48 bits per heavy atom. The van der Waals surface area contributed by atoms with Crippen molar-refractivity contribution in [1.29, 1.82) is 0 Å². The Bertz CT molecular complexity index is 921. The van der Waals surface area contributed by atoms with Crippen LogP contribution in [-0.2, 0) is 4.79 Å². The van der Waals surface area contributed by atoms with E-state index in [0.717, 1.165) is 5.56 Å². The van der Waals surface area contributed by atoms with Gasteiger partial charge in [0.25, 0.3) is 5.91 Å². The molecule has 0 spiro atoms. The first-order valence-electron chi connectivity index (χ1n) is 8.15. The van der Waals surface area contributed by atoms with Crippen molar-refractivity contribution >= 4 is 11.7 Å². The minimum absolute atomic E-state index is 0.165. The molecule has 140 valence electrons. The van der Waals surface area contributed by atoms with Crippen LogP contribution in [0.15, 0.2) is 47.1 Å². The van der Waals surface area contributed by atoms with Crippen molar-refractivity contribution in [2.45, 2.75) is 6.92 Å². The van der Waals surface area contributed by atoms with E-state index in [-0.39, 0.29) is 18.3 Å². The van der Waals surface area contributed by atoms with Gasteiger partial charge in [0.1, 0.15) is 5.75 Å². The maximum atomic E-state index is 12.2. The van der Waals surface area contributed by atoms with Crippen LogP contribution in [-0.4, -0.2) is 37.0 Å². The van der Waals surface area contributed by atoms with E-state index in [1.54, 1.807) is 37.4 Å². The van der Waals surface area contributed by atoms with E-state index >= 15 is 0 Å². The van der Waals surface area contributed by atoms with Gasteiger partial charge in [0.05, 0.1) is 14.2 Å². The maximum Gasteiger partial charge on any atom is 0.263 e. The molecule has 8 heteroatoms. The number of benzene rings is 2. The molecule has 0 unspecified atom stereocenters. The van der Waals surface area contributed by atoms with Crippen LogP contribution >= 0.6 is 0 Å². The van der Waals surface area contributed by atoms with Crippen molar-refractivity contribution in [3.8, 4) is 28.5 Å². The van der Waals surface area contributed by atoms with Gasteiger partial charge >= 0.3 is 0 Å². The Morgan fingerprint density at radius 1 is 1.04 bits per heavy atom. The van der Waals surface area contributed by atoms with Crippen molar-refractivity contribution in [2.75, 3.05) is 26.1 Å². The summed E-state index contributed by atoms with van der Waals surface area (Å²) in [5.74, 6) is 1.52. The van der Waals surface area contributed by atoms with Gasteiger partial charge in [-0.1, -0.05) is 17.7 Å². The standard InChI is InChI=1S/C19H19N3O5/c1-12-4-7-14(8-5-12)26-11-17(23)20-19-18(21-27-22-19)13-6-9-15(24-2)16(10-13)25-3/h4-10H,11H2,1-3H3,(H,20,22,23). The molecule has 0 saturated carbocycles. The number of nitrogens with one attached hydrogen (secondary N) is 1. The third-order valence-electron chi connectivity index (χ3n) is 3.79. The molecule has 1 amide bonds. The fourth-order valence-corrected chi connectivity index (χ4v) is 2.40. The molecule has 1 heterocycles. The molecule has 8 nitrogen and oxygen atoms in total. The highest BCUT2D eigenvalue weighted by Gasteiger charge is 2.17. The SMILES string of the molecule is COc1ccc(-c2nonc2NC(=O)COc2ccc(C)cc2)cc1OC. The molecule has 0 atom stereocenters. The van der Waals surface area contributed by atoms with E-state index in [9.17, 15) is 4.79 Å². The Morgan fingerprint density at radius 2 is 1.78 bits per heavy atom. The minimum Gasteiger partial charge on any atom is -0.493 e. The number of hydrogen-bond donors (Lipinski definition) is 1. The number of aromatic nitrogens is 2. The van der Waals surface area contributed by atoms with Crippen molar-refractivity contribution in [1.82, 2.24) is 10.3 Å². The summed E-state index contributed by atoms with van der Waals surface area (Å²) in [5, 5.41) is 10.2. The van der Waals surface area contributed by atoms with E-state index < -0.39 is 0 Å². The van der Waals surface area contributed by atoms with Crippen LogP contribution < -0.4 is 19.5 Å². The summed E-state index contributed by atoms with van der Waals surface area (Å²) >= 11 is 0. The lowest BCUT2D eigenvalue weighted by Crippen LogP contribution is -2.20. The zero-order chi connectivity index (χ0) is 19.2. The Hall–Kier alpha value is -3.55. The summed E-state index contributed by atoms with van der Waals surface area (Å²) in [6.07, 6.45) is 0. The van der Waals surface area contributed by atoms with Crippen LogP contribution in [0.1, 0.15) is 5.56 Å². The predicted octanol–water partition coefficient (Wildman–Crippen LogP) is 3.08. The van der Waals surface area contributed by atoms with E-state index in [4.69, 9.17) is 18.8 Å². The fourth-order valence-electron chi connectivity index (χ4n) is 2.40. The maximum absolute atomic E-state index is 12.2. The molecule has 0 radical (unpaired) electrons. The van der Waals surface area contributed by atoms with Crippen LogP contribution in [0.5, 0.6) is 17.2 Å². The lowest BCUT2D eigenvalue weighted by molar-refractivity contribution is -0.118. The fraction of sp³-hybridized carbons (Fsp3) is 0.211. The summed E-state index contributed by atoms with van der Waals surface area (Å²) in [5.41, 5.74) is 2.14. The summed E-state index contributed by atoms with van der Waals surface area (Å²) in [6, 6.07) is 12.6. The highest BCUT2D eigenvalue weighted by Crippen LogP contribution is 2.33. The van der Waals surface area contributed by atoms with Gasteiger partial charge < -0.3 is 19.5 Å². The number of anilines is 1. The number of hydrogen-bond acceptors (Lipinski definition) is 7. The molecule has 3 aromatic rings. The lowest BCUT2D eigenvalue weighted by Gasteiger charge is -2.09. The Balaban J connectivity index is 1.69. The number of ether oxygens (including phenoxy) is 3. The largest absolute Gasteiger partial charge is 0.493 e. The third kappa shape index (κ3) is 4.35. The molecule has 3 rings (SSSR count). The monoisotopic (exact) mass is 369 g/mol. The second-order valence-corrected chi connectivity index (χ2v) is 5.68. The highest BCUT2D eigenvalue weighted by atomic mass is 16.6. The van der Waals surface area contributed by atoms with Crippen molar-refractivity contribution < 1.29 is 23.6 Å². The lowest BCUT2D eigenvalue weighted by atomic mass is 10.1. The molecule has 0 aliphatic carbocycles. The van der Waals surface area contributed by atoms with Crippen LogP contribution in [0.25, 0.3) is 11.3 Å². The molecule has 1 aromatic heterocycles. The predicted molar refractivity (Wildman–Crippen MR) is 98.1 cm³/mol. The number of rotatable bonds is 7. The van der Waals surface area contributed by atoms with Gasteiger partial charge in [-0.05, 0) is 47.6 Å². The van der Waals surface area contributed by atoms with Gasteiger partial charge in [-0.25, -0.2) is 4.63 Å². The molecular weight excluding hydrogens is 350 g/mol. The zero-order valence-corrected chi connectivity index (χ0v) is 15.2. The number of carbonyl (C=O) groups is 1. The van der Waals surface area contributed by atoms with E-state index in [1.165, 1.54) is 7.11 Å². The molecule has 0 aliphatic heterocycles. The summed E-state index contributed by atoms with van der Waals surface area (Å²) in [7, 11) is 3.09. The van der Waals surface area contributed by atoms with Crippen LogP contribution in [0.2, 0.25) is 0 Å². The Labute approximate surface area is 156 Å². The molecule has 2 aromatic carbocycles. The van der Waals surface area contributed by atoms with Gasteiger partial charge in [-0.15, -0.1) is 0 Å². The van der Waals surface area contributed by atoms with Crippen LogP contribution in [0, 0.1) is 6.92 Å². The molecule has 1 N–H and O–H groups in total. The number of carbonyl (C=O) groups excluding carboxylic acids is 1. The Kier molecular flexibility index (Phi) is 5.55. The smallest absolute Gasteiger partial charge is 0.263 e. The first-order chi connectivity index (χ1) is 13.1. The molecule has 0 aliphatic rings. The van der Waals surface area contributed by atoms with E-state index in [2.05, 4.69) is 15.6 Å². The van der Waals surface area contributed by atoms with Crippen molar-refractivity contribution in [3.63, 3.8) is 0 Å². The number of aryl methyl sites for hydroxylation is 1. The molecular formula is C19H19N3O5. The van der Waals surface area contributed by atoms with Gasteiger partial charge in [0.2, 0.25) is 5.82 Å². The average molecular weight is 369 g/mol. The molecule has 0 saturated heterocycles. The van der Waals surface area contributed by atoms with Gasteiger partial charge in [0.15, 0.2) is 23.8 Å². The summed E-state index contributed by atoms with van der Waals surface area (Å²) in [4.78, 5) is 12.2. The topological polar surface area (TPSA) is 95.7 Å². The minimum atomic E-state index is -0.381. The van der Waals surface area contributed by atoms with Crippen molar-refractivity contribution in [3.05, 3.63) is 48.0 Å². The van der Waals surface area contributed by atoms with E-state index in [1.807, 2.05) is 19.1 Å². The normalized spacial score (nSPS) is 10.3. The first-order valence-corrected chi connectivity index (χ1v) is 8.15. The second kappa shape index (κ2) is 8.22. The van der Waals surface area contributed by atoms with Crippen molar-refractivity contribution in [2.24, 2.45) is 0 Å². The van der Waals surface area contributed by atoms with Gasteiger partial charge in [-0.2, -0.15) is 0 Å². The van der Waals surface area contributed by atoms with Gasteiger partial charge in [-0.3, -0.25) is 4.79 Å². The average Bonchev–Trinajstić information content (AvgIpc) is 3.15. The molecule has 0 bridgehead atoms. The summed E-state index contributed by atoms with van der Waals surface area (Å²) < 4.78 is 20.7. The number of amides is 1. The highest BCUT2D eigenvalue weighted by molar-refractivity contribution is 5.94. The van der Waals surface area contributed by atoms with E-state index in [0.29, 0.717) is 28.5 Å². The molecule has 27 heavy (non-hydrogen) atoms. The van der Waals surface area contributed by atoms with Gasteiger partial charge in [0, 0.05) is 5.56 Å². The second-order valence-electron chi connectivity index (χ2n) is 5.68. The summed E-state index contributed by atoms with van der Waals surface area (Å²) in [6.45, 7) is 1.81.